The Labute approximate surface area is 398 Å². The van der Waals surface area contributed by atoms with E-state index in [1.807, 2.05) is 35.0 Å². The molecule has 4 atom stereocenters. The molecule has 0 bridgehead atoms. The molecule has 61 heavy (non-hydrogen) atoms. The number of hydrogen-bond donors (Lipinski definition) is 3. The first-order valence-corrected chi connectivity index (χ1v) is 22.8. The van der Waals surface area contributed by atoms with Crippen molar-refractivity contribution in [3.05, 3.63) is 67.3 Å². The van der Waals surface area contributed by atoms with Crippen molar-refractivity contribution in [2.75, 3.05) is 23.9 Å². The molecule has 4 aliphatic heterocycles. The monoisotopic (exact) mass is 966 g/mol. The number of thioether (sulfide) groups is 3. The molecule has 324 valence electrons. The van der Waals surface area contributed by atoms with Gasteiger partial charge in [-0.2, -0.15) is 0 Å². The summed E-state index contributed by atoms with van der Waals surface area (Å²) in [5.41, 5.74) is 0.831. The van der Waals surface area contributed by atoms with Crippen LogP contribution in [0.4, 0.5) is 0 Å². The quantitative estimate of drug-likeness (QED) is 0.0403. The Kier molecular flexibility index (Phi) is 23.3. The predicted octanol–water partition coefficient (Wildman–Crippen LogP) is -0.0162. The molecule has 6 rings (SSSR count). The van der Waals surface area contributed by atoms with Crippen LogP contribution in [0.5, 0.6) is 0 Å². The van der Waals surface area contributed by atoms with Gasteiger partial charge in [0.05, 0.1) is 22.6 Å². The van der Waals surface area contributed by atoms with E-state index in [4.69, 9.17) is 14.8 Å². The van der Waals surface area contributed by atoms with Crippen molar-refractivity contribution < 1.29 is 103 Å². The fourth-order valence-corrected chi connectivity index (χ4v) is 11.1. The number of Topliss-reactive ketones (excluding diaryl/α,β-unsaturated/α-hetero) is 2. The molecule has 2 fully saturated rings. The maximum atomic E-state index is 12.5. The van der Waals surface area contributed by atoms with E-state index in [9.17, 15) is 53.4 Å². The third-order valence-corrected chi connectivity index (χ3v) is 13.9. The number of carbonyl (C=O) groups excluding carboxylic acids is 8. The minimum Gasteiger partial charge on any atom is -0.662 e. The number of carboxylic acids is 2. The molecule has 0 radical (unpaired) electrons. The number of carbonyl (C=O) groups is 10. The van der Waals surface area contributed by atoms with Crippen molar-refractivity contribution in [2.45, 2.75) is 57.2 Å². The molecule has 2 N–H and O–H groups in total. The van der Waals surface area contributed by atoms with E-state index in [-0.39, 0.29) is 123 Å². The zero-order chi connectivity index (χ0) is 44.7. The number of rotatable bonds is 15. The number of esters is 1. The van der Waals surface area contributed by atoms with Crippen LogP contribution in [0, 0.1) is 11.8 Å². The van der Waals surface area contributed by atoms with Crippen LogP contribution in [0.1, 0.15) is 43.4 Å². The molecule has 2 aromatic heterocycles. The number of aliphatic carboxylic acids is 2. The van der Waals surface area contributed by atoms with E-state index in [1.165, 1.54) is 76.8 Å². The van der Waals surface area contributed by atoms with Gasteiger partial charge in [-0.25, -0.2) is 9.59 Å². The molecule has 0 saturated carbocycles. The van der Waals surface area contributed by atoms with Gasteiger partial charge in [0.25, 0.3) is 6.47 Å². The van der Waals surface area contributed by atoms with Gasteiger partial charge in [-0.15, -0.1) is 58.8 Å². The van der Waals surface area contributed by atoms with E-state index >= 15 is 0 Å². The van der Waals surface area contributed by atoms with Crippen LogP contribution in [-0.2, 0) is 70.4 Å². The van der Waals surface area contributed by atoms with Crippen LogP contribution >= 0.6 is 70.6 Å². The number of amides is 2. The molecular formula is C37H39N2NaO15S6. The van der Waals surface area contributed by atoms with Gasteiger partial charge in [0.1, 0.15) is 29.6 Å². The molecule has 0 unspecified atom stereocenters. The Balaban J connectivity index is 0.000000352. The molecule has 6 heterocycles. The summed E-state index contributed by atoms with van der Waals surface area (Å²) in [6.07, 6.45) is 0.839. The van der Waals surface area contributed by atoms with E-state index in [2.05, 4.69) is 17.5 Å². The van der Waals surface area contributed by atoms with Gasteiger partial charge in [0.15, 0.2) is 10.2 Å². The van der Waals surface area contributed by atoms with Crippen molar-refractivity contribution in [1.29, 1.82) is 0 Å². The number of ketones is 2. The Morgan fingerprint density at radius 2 is 1.23 bits per heavy atom. The average Bonchev–Trinajstić information content (AvgIpc) is 3.91. The summed E-state index contributed by atoms with van der Waals surface area (Å²) in [5, 5.41) is 30.3. The van der Waals surface area contributed by atoms with Crippen LogP contribution in [0.15, 0.2) is 57.6 Å². The van der Waals surface area contributed by atoms with Gasteiger partial charge >= 0.3 is 47.5 Å². The summed E-state index contributed by atoms with van der Waals surface area (Å²) in [7, 11) is 0. The number of hydrogen-bond acceptors (Lipinski definition) is 18. The summed E-state index contributed by atoms with van der Waals surface area (Å²) in [6, 6.07) is 7.51. The Bertz CT molecular complexity index is 1890. The van der Waals surface area contributed by atoms with Crippen LogP contribution in [0.3, 0.4) is 0 Å². The molecule has 0 spiro atoms. The Morgan fingerprint density at radius 3 is 1.57 bits per heavy atom. The second-order valence-electron chi connectivity index (χ2n) is 12.8. The predicted molar refractivity (Wildman–Crippen MR) is 224 cm³/mol. The smallest absolute Gasteiger partial charge is 0.662 e. The third kappa shape index (κ3) is 15.8. The molecule has 2 amide bonds. The molecule has 17 nitrogen and oxygen atoms in total. The van der Waals surface area contributed by atoms with Crippen molar-refractivity contribution in [3.63, 3.8) is 0 Å². The SMILES string of the molecule is CC(=O)OCC1=C(C(=O)O)N2C(=O)[C@@H](CC(=O)Cc3cccs3)[C@H]2SC1.CC(=O)S.CC(=O)SCC1=C(C(=O)O)N2C(=O)[C@@H](CC(=O)Cc3cccs3)[C@H]2SC1.O=CO[O-].[Na+]. The molecule has 0 aliphatic carbocycles. The number of nitrogens with zero attached hydrogens (tertiary/aromatic N) is 2. The van der Waals surface area contributed by atoms with Crippen LogP contribution in [0.25, 0.3) is 0 Å². The third-order valence-electron chi connectivity index (χ3n) is 8.46. The van der Waals surface area contributed by atoms with E-state index in [0.717, 1.165) is 21.5 Å². The zero-order valence-electron chi connectivity index (χ0n) is 33.1. The largest absolute Gasteiger partial charge is 1.00 e. The summed E-state index contributed by atoms with van der Waals surface area (Å²) >= 11 is 10.2. The first-order chi connectivity index (χ1) is 28.4. The zero-order valence-corrected chi connectivity index (χ0v) is 40.1. The number of thiophene rings is 2. The molecule has 2 aromatic rings. The first kappa shape index (κ1) is 53.9. The number of thiol groups is 1. The second kappa shape index (κ2) is 26.4. The van der Waals surface area contributed by atoms with Gasteiger partial charge in [0, 0.05) is 79.0 Å². The molecule has 2 saturated heterocycles. The number of fused-ring (bicyclic) bond motifs is 2. The van der Waals surface area contributed by atoms with Crippen LogP contribution in [-0.4, -0.2) is 113 Å². The van der Waals surface area contributed by atoms with Gasteiger partial charge in [0.2, 0.25) is 11.8 Å². The van der Waals surface area contributed by atoms with Crippen LogP contribution < -0.4 is 34.8 Å². The van der Waals surface area contributed by atoms with Crippen molar-refractivity contribution in [2.24, 2.45) is 11.8 Å². The molecule has 24 heteroatoms. The summed E-state index contributed by atoms with van der Waals surface area (Å²) in [5.74, 6) is -3.53. The number of β-lactam (4-membered cyclic amide) rings is 2. The Morgan fingerprint density at radius 1 is 0.820 bits per heavy atom. The maximum Gasteiger partial charge on any atom is 1.00 e. The summed E-state index contributed by atoms with van der Waals surface area (Å²) in [4.78, 5) is 120. The van der Waals surface area contributed by atoms with Crippen molar-refractivity contribution in [3.8, 4) is 0 Å². The number of carboxylic acid groups (broad SMARTS) is 2. The van der Waals surface area contributed by atoms with Gasteiger partial charge in [-0.1, -0.05) is 23.9 Å². The topological polar surface area (TPSA) is 259 Å². The minimum atomic E-state index is -1.23. The first-order valence-electron chi connectivity index (χ1n) is 17.5. The van der Waals surface area contributed by atoms with Crippen molar-refractivity contribution >= 4 is 129 Å². The Hall–Kier alpha value is -3.26. The van der Waals surface area contributed by atoms with Crippen molar-refractivity contribution in [1.82, 2.24) is 9.80 Å². The average molecular weight is 967 g/mol. The standard InChI is InChI=1S/C17H17NO6S2.C17H17NO5S3.C2H4OS.CH2O3.Na/c1-9(19)24-7-10-8-26-16-13(15(21)18(16)14(10)17(22)23)6-11(20)5-12-3-2-4-25-12;1-9(19)25-7-10-8-26-16-13(15(21)18(16)14(10)17(22)23)6-11(20)5-12-3-2-4-24-12;1-2(3)4;2-1-4-3;/h2*2-4,13,16H,5-8H2,1H3,(H,22,23);1H3,(H,3,4);1,3H;/q;;;;+1/p-1/t2*13-,16-;;;/m11.../s1. The van der Waals surface area contributed by atoms with E-state index in [0.29, 0.717) is 29.1 Å². The van der Waals surface area contributed by atoms with Crippen LogP contribution in [0.2, 0.25) is 0 Å². The summed E-state index contributed by atoms with van der Waals surface area (Å²) < 4.78 is 4.89. The van der Waals surface area contributed by atoms with E-state index in [1.54, 1.807) is 0 Å². The molecule has 0 aromatic carbocycles. The van der Waals surface area contributed by atoms with E-state index < -0.39 is 29.7 Å². The molecular weight excluding hydrogens is 928 g/mol. The van der Waals surface area contributed by atoms with Gasteiger partial charge < -0.3 is 25.1 Å². The fraction of sp³-hybridized carbons (Fsp3) is 0.405. The normalized spacial score (nSPS) is 19.5. The van der Waals surface area contributed by atoms with Gasteiger partial charge in [-0.3, -0.25) is 48.2 Å². The maximum absolute atomic E-state index is 12.5. The summed E-state index contributed by atoms with van der Waals surface area (Å²) in [6.45, 7) is 3.73. The second-order valence-corrected chi connectivity index (χ2v) is 18.9. The number of ether oxygens (including phenoxy) is 1. The van der Waals surface area contributed by atoms with Gasteiger partial charge in [-0.05, 0) is 28.5 Å². The minimum absolute atomic E-state index is 0. The fourth-order valence-electron chi connectivity index (χ4n) is 6.09. The molecule has 4 aliphatic rings.